The number of nitrogens with zero attached hydrogens (tertiary/aromatic N) is 1. The van der Waals surface area contributed by atoms with E-state index in [1.165, 1.54) is 0 Å². The topological polar surface area (TPSA) is 23.8 Å². The highest BCUT2D eigenvalue weighted by Crippen LogP contribution is 2.34. The van der Waals surface area contributed by atoms with Gasteiger partial charge in [-0.05, 0) is 23.1 Å². The minimum Gasteiger partial charge on any atom is -0.192 e. The number of fused-ring (bicyclic) bond motifs is 1. The van der Waals surface area contributed by atoms with Crippen LogP contribution in [0.5, 0.6) is 0 Å². The first-order chi connectivity index (χ1) is 6.77. The molecule has 1 aromatic heterocycles. The third kappa shape index (κ3) is 1.38. The zero-order valence-corrected chi connectivity index (χ0v) is 9.38. The third-order valence-electron chi connectivity index (χ3n) is 2.01. The molecule has 0 bridgehead atoms. The Kier molecular flexibility index (Phi) is 2.64. The Morgan fingerprint density at radius 1 is 1.50 bits per heavy atom. The van der Waals surface area contributed by atoms with E-state index in [1.54, 1.807) is 17.4 Å². The molecule has 0 fully saturated rings. The molecule has 0 radical (unpaired) electrons. The van der Waals surface area contributed by atoms with E-state index in [0.29, 0.717) is 16.5 Å². The number of nitriles is 1. The lowest BCUT2D eigenvalue weighted by molar-refractivity contribution is 1.43. The standard InChI is InChI=1S/C10H5Cl2NS/c11-4-6-3-7(5-13)9(12)8-1-2-14-10(6)8/h1-3H,4H2. The normalized spacial score (nSPS) is 10.4. The zero-order valence-electron chi connectivity index (χ0n) is 7.05. The van der Waals surface area contributed by atoms with Crippen molar-refractivity contribution in [1.29, 1.82) is 5.26 Å². The number of hydrogen-bond donors (Lipinski definition) is 0. The molecule has 0 aliphatic carbocycles. The fraction of sp³-hybridized carbons (Fsp3) is 0.100. The summed E-state index contributed by atoms with van der Waals surface area (Å²) in [5.41, 5.74) is 1.46. The van der Waals surface area contributed by atoms with E-state index in [1.807, 2.05) is 11.4 Å². The lowest BCUT2D eigenvalue weighted by atomic mass is 10.1. The van der Waals surface area contributed by atoms with E-state index in [9.17, 15) is 0 Å². The average molecular weight is 242 g/mol. The van der Waals surface area contributed by atoms with Crippen LogP contribution < -0.4 is 0 Å². The molecule has 0 spiro atoms. The van der Waals surface area contributed by atoms with Crippen molar-refractivity contribution in [3.8, 4) is 6.07 Å². The first kappa shape index (κ1) is 9.79. The highest BCUT2D eigenvalue weighted by molar-refractivity contribution is 7.17. The van der Waals surface area contributed by atoms with Crippen LogP contribution in [0.2, 0.25) is 5.02 Å². The van der Waals surface area contributed by atoms with Crippen molar-refractivity contribution in [3.05, 3.63) is 33.7 Å². The number of hydrogen-bond acceptors (Lipinski definition) is 2. The minimum absolute atomic E-state index is 0.406. The second-order valence-corrected chi connectivity index (χ2v) is 4.37. The number of halogens is 2. The van der Waals surface area contributed by atoms with Crippen LogP contribution in [0.4, 0.5) is 0 Å². The van der Waals surface area contributed by atoms with E-state index in [0.717, 1.165) is 15.6 Å². The van der Waals surface area contributed by atoms with Gasteiger partial charge in [-0.3, -0.25) is 0 Å². The van der Waals surface area contributed by atoms with Crippen LogP contribution in [0.25, 0.3) is 10.1 Å². The van der Waals surface area contributed by atoms with Gasteiger partial charge in [-0.1, -0.05) is 11.6 Å². The lowest BCUT2D eigenvalue weighted by Crippen LogP contribution is -1.84. The summed E-state index contributed by atoms with van der Waals surface area (Å²) in [6.45, 7) is 0. The maximum absolute atomic E-state index is 8.86. The van der Waals surface area contributed by atoms with Crippen LogP contribution in [-0.2, 0) is 5.88 Å². The summed E-state index contributed by atoms with van der Waals surface area (Å²) in [5, 5.41) is 12.3. The van der Waals surface area contributed by atoms with Crippen molar-refractivity contribution >= 4 is 44.6 Å². The van der Waals surface area contributed by atoms with Gasteiger partial charge in [0.25, 0.3) is 0 Å². The molecule has 14 heavy (non-hydrogen) atoms. The van der Waals surface area contributed by atoms with Crippen molar-refractivity contribution < 1.29 is 0 Å². The summed E-state index contributed by atoms with van der Waals surface area (Å²) in [5.74, 6) is 0.406. The molecule has 2 rings (SSSR count). The molecular weight excluding hydrogens is 237 g/mol. The third-order valence-corrected chi connectivity index (χ3v) is 3.70. The van der Waals surface area contributed by atoms with E-state index in [-0.39, 0.29) is 0 Å². The van der Waals surface area contributed by atoms with Crippen LogP contribution in [0.1, 0.15) is 11.1 Å². The van der Waals surface area contributed by atoms with Crippen LogP contribution >= 0.6 is 34.5 Å². The fourth-order valence-electron chi connectivity index (χ4n) is 1.36. The van der Waals surface area contributed by atoms with E-state index < -0.39 is 0 Å². The maximum atomic E-state index is 8.86. The molecule has 4 heteroatoms. The predicted octanol–water partition coefficient (Wildman–Crippen LogP) is 4.17. The quantitative estimate of drug-likeness (QED) is 0.688. The number of thiophene rings is 1. The summed E-state index contributed by atoms with van der Waals surface area (Å²) in [6, 6.07) is 5.74. The SMILES string of the molecule is N#Cc1cc(CCl)c2sccc2c1Cl. The van der Waals surface area contributed by atoms with E-state index >= 15 is 0 Å². The number of alkyl halides is 1. The molecule has 0 unspecified atom stereocenters. The van der Waals surface area contributed by atoms with Gasteiger partial charge >= 0.3 is 0 Å². The molecule has 0 saturated heterocycles. The molecule has 1 nitrogen and oxygen atoms in total. The average Bonchev–Trinajstić information content (AvgIpc) is 2.68. The van der Waals surface area contributed by atoms with Crippen molar-refractivity contribution in [3.63, 3.8) is 0 Å². The molecule has 0 atom stereocenters. The van der Waals surface area contributed by atoms with E-state index in [2.05, 4.69) is 6.07 Å². The Morgan fingerprint density at radius 2 is 2.29 bits per heavy atom. The first-order valence-corrected chi connectivity index (χ1v) is 5.71. The second kappa shape index (κ2) is 3.78. The number of benzene rings is 1. The van der Waals surface area contributed by atoms with Gasteiger partial charge in [-0.25, -0.2) is 0 Å². The van der Waals surface area contributed by atoms with Crippen molar-refractivity contribution in [2.45, 2.75) is 5.88 Å². The van der Waals surface area contributed by atoms with Crippen LogP contribution in [0, 0.1) is 11.3 Å². The molecule has 0 N–H and O–H groups in total. The maximum Gasteiger partial charge on any atom is 0.101 e. The Labute approximate surface area is 95.5 Å². The zero-order chi connectivity index (χ0) is 10.1. The van der Waals surface area contributed by atoms with Crippen LogP contribution in [-0.4, -0.2) is 0 Å². The highest BCUT2D eigenvalue weighted by atomic mass is 35.5. The molecule has 70 valence electrons. The van der Waals surface area contributed by atoms with Gasteiger partial charge in [-0.2, -0.15) is 5.26 Å². The second-order valence-electron chi connectivity index (χ2n) is 2.81. The Balaban J connectivity index is 2.89. The summed E-state index contributed by atoms with van der Waals surface area (Å²) < 4.78 is 1.07. The van der Waals surface area contributed by atoms with Gasteiger partial charge in [-0.15, -0.1) is 22.9 Å². The largest absolute Gasteiger partial charge is 0.192 e. The number of rotatable bonds is 1. The molecule has 0 saturated carbocycles. The van der Waals surface area contributed by atoms with Gasteiger partial charge in [0, 0.05) is 16.0 Å². The Hall–Kier alpha value is -0.750. The van der Waals surface area contributed by atoms with Crippen LogP contribution in [0.15, 0.2) is 17.5 Å². The predicted molar refractivity (Wildman–Crippen MR) is 61.1 cm³/mol. The smallest absolute Gasteiger partial charge is 0.101 e. The lowest BCUT2D eigenvalue weighted by Gasteiger charge is -2.02. The van der Waals surface area contributed by atoms with Gasteiger partial charge in [0.05, 0.1) is 10.6 Å². The van der Waals surface area contributed by atoms with Gasteiger partial charge in [0.1, 0.15) is 6.07 Å². The van der Waals surface area contributed by atoms with Crippen molar-refractivity contribution in [2.24, 2.45) is 0 Å². The summed E-state index contributed by atoms with van der Waals surface area (Å²) >= 11 is 13.4. The van der Waals surface area contributed by atoms with Crippen molar-refractivity contribution in [1.82, 2.24) is 0 Å². The molecule has 0 aliphatic rings. The molecule has 1 aromatic carbocycles. The fourth-order valence-corrected chi connectivity index (χ4v) is 2.88. The first-order valence-electron chi connectivity index (χ1n) is 3.92. The molecule has 0 amide bonds. The monoisotopic (exact) mass is 241 g/mol. The van der Waals surface area contributed by atoms with E-state index in [4.69, 9.17) is 28.5 Å². The van der Waals surface area contributed by atoms with Gasteiger partial charge in [0.2, 0.25) is 0 Å². The minimum atomic E-state index is 0.406. The summed E-state index contributed by atoms with van der Waals surface area (Å²) in [7, 11) is 0. The summed E-state index contributed by atoms with van der Waals surface area (Å²) in [4.78, 5) is 0. The molecular formula is C10H5Cl2NS. The van der Waals surface area contributed by atoms with Crippen LogP contribution in [0.3, 0.4) is 0 Å². The van der Waals surface area contributed by atoms with Crippen molar-refractivity contribution in [2.75, 3.05) is 0 Å². The van der Waals surface area contributed by atoms with Gasteiger partial charge < -0.3 is 0 Å². The Bertz CT molecular complexity index is 525. The molecule has 0 aliphatic heterocycles. The highest BCUT2D eigenvalue weighted by Gasteiger charge is 2.10. The molecule has 1 heterocycles. The Morgan fingerprint density at radius 3 is 2.93 bits per heavy atom. The molecule has 2 aromatic rings. The summed E-state index contributed by atoms with van der Waals surface area (Å²) in [6.07, 6.45) is 0. The van der Waals surface area contributed by atoms with Gasteiger partial charge in [0.15, 0.2) is 0 Å².